The van der Waals surface area contributed by atoms with Crippen LogP contribution in [0.4, 0.5) is 4.39 Å². The predicted octanol–water partition coefficient (Wildman–Crippen LogP) is 4.17. The van der Waals surface area contributed by atoms with Crippen LogP contribution in [0.5, 0.6) is 5.75 Å². The average molecular weight is 422 g/mol. The van der Waals surface area contributed by atoms with E-state index in [0.717, 1.165) is 48.0 Å². The number of benzene rings is 2. The fourth-order valence-corrected chi connectivity index (χ4v) is 4.11. The van der Waals surface area contributed by atoms with Crippen LogP contribution in [-0.2, 0) is 11.3 Å². The molecule has 0 aliphatic carbocycles. The van der Waals surface area contributed by atoms with Gasteiger partial charge >= 0.3 is 0 Å². The lowest BCUT2D eigenvalue weighted by molar-refractivity contribution is -0.126. The van der Waals surface area contributed by atoms with Gasteiger partial charge < -0.3 is 10.1 Å². The number of nitrogens with one attached hydrogen (secondary N) is 1. The summed E-state index contributed by atoms with van der Waals surface area (Å²) in [5.41, 5.74) is 1.80. The van der Waals surface area contributed by atoms with E-state index in [2.05, 4.69) is 15.2 Å². The third kappa shape index (κ3) is 5.79. The lowest BCUT2D eigenvalue weighted by Crippen LogP contribution is -2.43. The summed E-state index contributed by atoms with van der Waals surface area (Å²) in [6, 6.07) is 16.5. The number of piperidine rings is 1. The molecule has 1 atom stereocenters. The Balaban J connectivity index is 1.20. The van der Waals surface area contributed by atoms with Crippen molar-refractivity contribution in [1.29, 1.82) is 0 Å². The number of para-hydroxylation sites is 1. The molecule has 6 heteroatoms. The molecule has 162 valence electrons. The molecule has 1 unspecified atom stereocenters. The molecule has 1 aliphatic heterocycles. The Bertz CT molecular complexity index is 1020. The second-order valence-corrected chi connectivity index (χ2v) is 8.03. The van der Waals surface area contributed by atoms with E-state index in [9.17, 15) is 9.18 Å². The van der Waals surface area contributed by atoms with E-state index >= 15 is 0 Å². The number of nitrogens with zero attached hydrogens (tertiary/aromatic N) is 2. The number of rotatable bonds is 8. The predicted molar refractivity (Wildman–Crippen MR) is 119 cm³/mol. The van der Waals surface area contributed by atoms with Crippen LogP contribution in [-0.4, -0.2) is 42.0 Å². The van der Waals surface area contributed by atoms with Gasteiger partial charge in [0, 0.05) is 31.2 Å². The van der Waals surface area contributed by atoms with Crippen molar-refractivity contribution in [3.63, 3.8) is 0 Å². The fourth-order valence-electron chi connectivity index (χ4n) is 4.11. The molecule has 0 spiro atoms. The molecular formula is C25H28FN3O2. The molecular weight excluding hydrogens is 393 g/mol. The van der Waals surface area contributed by atoms with Crippen molar-refractivity contribution >= 4 is 16.8 Å². The van der Waals surface area contributed by atoms with Gasteiger partial charge in [-0.25, -0.2) is 4.39 Å². The molecule has 1 aromatic heterocycles. The zero-order chi connectivity index (χ0) is 21.5. The summed E-state index contributed by atoms with van der Waals surface area (Å²) in [6.45, 7) is 3.42. The van der Waals surface area contributed by atoms with Crippen LogP contribution in [0.15, 0.2) is 60.8 Å². The number of pyridine rings is 1. The third-order valence-electron chi connectivity index (χ3n) is 5.65. The Morgan fingerprint density at radius 3 is 2.97 bits per heavy atom. The highest BCUT2D eigenvalue weighted by Crippen LogP contribution is 2.23. The summed E-state index contributed by atoms with van der Waals surface area (Å²) in [4.78, 5) is 19.2. The molecule has 1 fully saturated rings. The van der Waals surface area contributed by atoms with Crippen molar-refractivity contribution < 1.29 is 13.9 Å². The van der Waals surface area contributed by atoms with Crippen molar-refractivity contribution in [3.8, 4) is 5.75 Å². The highest BCUT2D eigenvalue weighted by Gasteiger charge is 2.25. The van der Waals surface area contributed by atoms with Gasteiger partial charge in [0.2, 0.25) is 5.91 Å². The normalized spacial score (nSPS) is 16.9. The zero-order valence-corrected chi connectivity index (χ0v) is 17.6. The van der Waals surface area contributed by atoms with Gasteiger partial charge in [-0.2, -0.15) is 0 Å². The maximum atomic E-state index is 13.4. The van der Waals surface area contributed by atoms with Crippen LogP contribution in [0.25, 0.3) is 10.9 Å². The number of likely N-dealkylation sites (tertiary alicyclic amines) is 1. The summed E-state index contributed by atoms with van der Waals surface area (Å²) in [7, 11) is 0. The van der Waals surface area contributed by atoms with Gasteiger partial charge in [0.15, 0.2) is 0 Å². The molecule has 4 rings (SSSR count). The van der Waals surface area contributed by atoms with Crippen molar-refractivity contribution in [2.45, 2.75) is 25.8 Å². The van der Waals surface area contributed by atoms with E-state index in [0.29, 0.717) is 26.2 Å². The van der Waals surface area contributed by atoms with Crippen LogP contribution in [0.1, 0.15) is 24.8 Å². The number of carbonyl (C=O) groups is 1. The minimum absolute atomic E-state index is 0.0227. The van der Waals surface area contributed by atoms with Crippen LogP contribution in [0.2, 0.25) is 0 Å². The van der Waals surface area contributed by atoms with Gasteiger partial charge in [-0.3, -0.25) is 14.7 Å². The molecule has 0 saturated carbocycles. The standard InChI is InChI=1S/C25H28FN3O2/c26-22-10-1-6-19(16-22)17-29-14-4-9-21(18-29)25(30)28-13-5-15-31-23-11-2-7-20-8-3-12-27-24(20)23/h1-3,6-8,10-12,16,21H,4-5,9,13-15,17-18H2,(H,28,30). The Labute approximate surface area is 182 Å². The molecule has 5 nitrogen and oxygen atoms in total. The van der Waals surface area contributed by atoms with Crippen LogP contribution in [0.3, 0.4) is 0 Å². The van der Waals surface area contributed by atoms with E-state index in [4.69, 9.17) is 4.74 Å². The van der Waals surface area contributed by atoms with E-state index in [1.165, 1.54) is 6.07 Å². The van der Waals surface area contributed by atoms with E-state index in [1.54, 1.807) is 18.3 Å². The quantitative estimate of drug-likeness (QED) is 0.555. The fraction of sp³-hybridized carbons (Fsp3) is 0.360. The number of amides is 1. The van der Waals surface area contributed by atoms with Crippen LogP contribution in [0, 0.1) is 11.7 Å². The number of halogens is 1. The van der Waals surface area contributed by atoms with Crippen molar-refractivity contribution in [1.82, 2.24) is 15.2 Å². The SMILES string of the molecule is O=C(NCCCOc1cccc2cccnc12)C1CCCN(Cc2cccc(F)c2)C1. The van der Waals surface area contributed by atoms with Crippen molar-refractivity contribution in [2.24, 2.45) is 5.92 Å². The average Bonchev–Trinajstić information content (AvgIpc) is 2.79. The number of fused-ring (bicyclic) bond motifs is 1. The minimum atomic E-state index is -0.217. The summed E-state index contributed by atoms with van der Waals surface area (Å²) in [5.74, 6) is 0.622. The summed E-state index contributed by atoms with van der Waals surface area (Å²) >= 11 is 0. The number of ether oxygens (including phenoxy) is 1. The van der Waals surface area contributed by atoms with Gasteiger partial charge in [-0.15, -0.1) is 0 Å². The maximum Gasteiger partial charge on any atom is 0.224 e. The molecule has 2 heterocycles. The molecule has 1 N–H and O–H groups in total. The van der Waals surface area contributed by atoms with Crippen LogP contribution < -0.4 is 10.1 Å². The van der Waals surface area contributed by atoms with Gasteiger partial charge in [0.05, 0.1) is 12.5 Å². The number of carbonyl (C=O) groups excluding carboxylic acids is 1. The Hall–Kier alpha value is -2.99. The summed E-state index contributed by atoms with van der Waals surface area (Å²) in [6.07, 6.45) is 4.36. The van der Waals surface area contributed by atoms with Gasteiger partial charge in [0.25, 0.3) is 0 Å². The van der Waals surface area contributed by atoms with E-state index in [1.807, 2.05) is 36.4 Å². The Morgan fingerprint density at radius 1 is 1.19 bits per heavy atom. The van der Waals surface area contributed by atoms with Gasteiger partial charge in [-0.05, 0) is 55.6 Å². The second kappa shape index (κ2) is 10.4. The molecule has 31 heavy (non-hydrogen) atoms. The van der Waals surface area contributed by atoms with E-state index in [-0.39, 0.29) is 17.6 Å². The second-order valence-electron chi connectivity index (χ2n) is 8.03. The first-order valence-corrected chi connectivity index (χ1v) is 10.9. The first-order valence-electron chi connectivity index (χ1n) is 10.9. The Morgan fingerprint density at radius 2 is 2.06 bits per heavy atom. The first-order chi connectivity index (χ1) is 15.2. The number of hydrogen-bond acceptors (Lipinski definition) is 4. The molecule has 3 aromatic rings. The molecule has 0 bridgehead atoms. The highest BCUT2D eigenvalue weighted by atomic mass is 19.1. The minimum Gasteiger partial charge on any atom is -0.491 e. The monoisotopic (exact) mass is 421 g/mol. The number of aromatic nitrogens is 1. The summed E-state index contributed by atoms with van der Waals surface area (Å²) in [5, 5.41) is 4.10. The zero-order valence-electron chi connectivity index (χ0n) is 17.6. The molecule has 0 radical (unpaired) electrons. The van der Waals surface area contributed by atoms with Crippen LogP contribution >= 0.6 is 0 Å². The molecule has 1 amide bonds. The smallest absolute Gasteiger partial charge is 0.224 e. The number of hydrogen-bond donors (Lipinski definition) is 1. The lowest BCUT2D eigenvalue weighted by Gasteiger charge is -2.32. The lowest BCUT2D eigenvalue weighted by atomic mass is 9.96. The van der Waals surface area contributed by atoms with Gasteiger partial charge in [-0.1, -0.05) is 30.3 Å². The summed E-state index contributed by atoms with van der Waals surface area (Å²) < 4.78 is 19.3. The third-order valence-corrected chi connectivity index (χ3v) is 5.65. The molecule has 1 saturated heterocycles. The van der Waals surface area contributed by atoms with Gasteiger partial charge in [0.1, 0.15) is 17.1 Å². The highest BCUT2D eigenvalue weighted by molar-refractivity contribution is 5.84. The largest absolute Gasteiger partial charge is 0.491 e. The molecule has 1 aliphatic rings. The van der Waals surface area contributed by atoms with Crippen molar-refractivity contribution in [3.05, 3.63) is 72.2 Å². The van der Waals surface area contributed by atoms with E-state index < -0.39 is 0 Å². The molecule has 2 aromatic carbocycles. The first kappa shape index (κ1) is 21.2. The van der Waals surface area contributed by atoms with Crippen molar-refractivity contribution in [2.75, 3.05) is 26.2 Å². The topological polar surface area (TPSA) is 54.5 Å². The Kier molecular flexibility index (Phi) is 7.10. The maximum absolute atomic E-state index is 13.4.